The number of ether oxygens (including phenoxy) is 1. The van der Waals surface area contributed by atoms with Crippen LogP contribution >= 0.6 is 11.8 Å². The van der Waals surface area contributed by atoms with Crippen LogP contribution in [0.3, 0.4) is 0 Å². The number of esters is 1. The van der Waals surface area contributed by atoms with Crippen LogP contribution in [0, 0.1) is 18.3 Å². The number of benzene rings is 2. The molecule has 144 valence electrons. The van der Waals surface area contributed by atoms with Crippen molar-refractivity contribution in [3.63, 3.8) is 0 Å². The van der Waals surface area contributed by atoms with Gasteiger partial charge in [0.2, 0.25) is 0 Å². The zero-order valence-electron chi connectivity index (χ0n) is 15.5. The summed E-state index contributed by atoms with van der Waals surface area (Å²) in [5, 5.41) is 14.3. The Hall–Kier alpha value is -3.57. The van der Waals surface area contributed by atoms with Crippen LogP contribution in [0.5, 0.6) is 0 Å². The van der Waals surface area contributed by atoms with Crippen molar-refractivity contribution in [1.29, 1.82) is 5.26 Å². The predicted octanol–water partition coefficient (Wildman–Crippen LogP) is 4.03. The zero-order chi connectivity index (χ0) is 20.2. The fourth-order valence-electron chi connectivity index (χ4n) is 2.86. The number of aromatic nitrogens is 3. The van der Waals surface area contributed by atoms with E-state index < -0.39 is 5.97 Å². The zero-order valence-corrected chi connectivity index (χ0v) is 16.3. The van der Waals surface area contributed by atoms with Crippen molar-refractivity contribution in [2.75, 3.05) is 5.75 Å². The number of hydrogen-bond acceptors (Lipinski definition) is 7. The molecular weight excluding hydrogens is 388 g/mol. The molecule has 0 saturated carbocycles. The van der Waals surface area contributed by atoms with E-state index >= 15 is 0 Å². The highest BCUT2D eigenvalue weighted by Gasteiger charge is 2.18. The van der Waals surface area contributed by atoms with Crippen molar-refractivity contribution in [3.05, 3.63) is 71.5 Å². The quantitative estimate of drug-likeness (QED) is 0.354. The molecule has 0 bridgehead atoms. The molecule has 0 radical (unpaired) electrons. The fourth-order valence-corrected chi connectivity index (χ4v) is 3.50. The molecule has 2 aromatic carbocycles. The molecule has 0 aliphatic carbocycles. The van der Waals surface area contributed by atoms with Crippen molar-refractivity contribution in [3.8, 4) is 11.8 Å². The summed E-state index contributed by atoms with van der Waals surface area (Å²) in [5.74, 6) is -0.382. The molecular formula is C21H16N4O3S. The van der Waals surface area contributed by atoms with Gasteiger partial charge in [-0.25, -0.2) is 9.67 Å². The lowest BCUT2D eigenvalue weighted by molar-refractivity contribution is -0.141. The Labute approximate surface area is 170 Å². The third-order valence-electron chi connectivity index (χ3n) is 4.23. The number of nitriles is 1. The SMILES string of the molecule is Cc1nn(-c2ccccc2)c(COC(=O)CSc2nc3ccccc3o2)c1C#N. The lowest BCUT2D eigenvalue weighted by Gasteiger charge is -2.08. The summed E-state index contributed by atoms with van der Waals surface area (Å²) in [6, 6.07) is 19.0. The van der Waals surface area contributed by atoms with Gasteiger partial charge >= 0.3 is 5.97 Å². The van der Waals surface area contributed by atoms with Gasteiger partial charge in [0.05, 0.1) is 17.1 Å². The van der Waals surface area contributed by atoms with Gasteiger partial charge in [-0.3, -0.25) is 4.79 Å². The van der Waals surface area contributed by atoms with Crippen LogP contribution < -0.4 is 0 Å². The lowest BCUT2D eigenvalue weighted by atomic mass is 10.2. The van der Waals surface area contributed by atoms with Gasteiger partial charge in [-0.2, -0.15) is 10.4 Å². The first-order chi connectivity index (χ1) is 14.2. The summed E-state index contributed by atoms with van der Waals surface area (Å²) in [6.07, 6.45) is 0. The van der Waals surface area contributed by atoms with E-state index in [0.29, 0.717) is 27.8 Å². The molecule has 0 saturated heterocycles. The molecule has 8 heteroatoms. The highest BCUT2D eigenvalue weighted by molar-refractivity contribution is 7.99. The van der Waals surface area contributed by atoms with Crippen LogP contribution in [0.25, 0.3) is 16.8 Å². The maximum atomic E-state index is 12.2. The summed E-state index contributed by atoms with van der Waals surface area (Å²) in [4.78, 5) is 16.6. The van der Waals surface area contributed by atoms with Crippen LogP contribution in [0.4, 0.5) is 0 Å². The minimum Gasteiger partial charge on any atom is -0.458 e. The lowest BCUT2D eigenvalue weighted by Crippen LogP contribution is -2.11. The van der Waals surface area contributed by atoms with Crippen molar-refractivity contribution in [2.24, 2.45) is 0 Å². The number of carbonyl (C=O) groups excluding carboxylic acids is 1. The highest BCUT2D eigenvalue weighted by atomic mass is 32.2. The molecule has 29 heavy (non-hydrogen) atoms. The third kappa shape index (κ3) is 4.00. The van der Waals surface area contributed by atoms with Crippen molar-refractivity contribution < 1.29 is 13.9 Å². The Morgan fingerprint density at radius 1 is 1.21 bits per heavy atom. The van der Waals surface area contributed by atoms with E-state index in [1.165, 1.54) is 11.8 Å². The van der Waals surface area contributed by atoms with Gasteiger partial charge in [0, 0.05) is 0 Å². The number of nitrogens with zero attached hydrogens (tertiary/aromatic N) is 4. The fraction of sp³-hybridized carbons (Fsp3) is 0.143. The average Bonchev–Trinajstić information content (AvgIpc) is 3.31. The number of aryl methyl sites for hydroxylation is 1. The maximum Gasteiger partial charge on any atom is 0.316 e. The Morgan fingerprint density at radius 3 is 2.72 bits per heavy atom. The molecule has 2 aromatic heterocycles. The Morgan fingerprint density at radius 2 is 1.97 bits per heavy atom. The van der Waals surface area contributed by atoms with Crippen LogP contribution in [-0.4, -0.2) is 26.5 Å². The number of fused-ring (bicyclic) bond motifs is 1. The van der Waals surface area contributed by atoms with E-state index in [1.54, 1.807) is 11.6 Å². The minimum absolute atomic E-state index is 0.0488. The first-order valence-corrected chi connectivity index (χ1v) is 9.82. The number of thioether (sulfide) groups is 1. The van der Waals surface area contributed by atoms with E-state index in [-0.39, 0.29) is 12.4 Å². The van der Waals surface area contributed by atoms with E-state index in [0.717, 1.165) is 11.2 Å². The van der Waals surface area contributed by atoms with E-state index in [9.17, 15) is 10.1 Å². The molecule has 4 rings (SSSR count). The number of para-hydroxylation sites is 3. The van der Waals surface area contributed by atoms with Crippen LogP contribution in [0.1, 0.15) is 17.0 Å². The van der Waals surface area contributed by atoms with Crippen LogP contribution in [-0.2, 0) is 16.1 Å². The largest absolute Gasteiger partial charge is 0.458 e. The Bertz CT molecular complexity index is 1170. The second kappa shape index (κ2) is 8.20. The van der Waals surface area contributed by atoms with Gasteiger partial charge in [-0.05, 0) is 31.2 Å². The number of hydrogen-bond donors (Lipinski definition) is 0. The van der Waals surface area contributed by atoms with Gasteiger partial charge in [0.15, 0.2) is 5.58 Å². The van der Waals surface area contributed by atoms with Gasteiger partial charge in [-0.15, -0.1) is 0 Å². The molecule has 4 aromatic rings. The molecule has 0 N–H and O–H groups in total. The van der Waals surface area contributed by atoms with Crippen molar-refractivity contribution in [1.82, 2.24) is 14.8 Å². The monoisotopic (exact) mass is 404 g/mol. The van der Waals surface area contributed by atoms with Gasteiger partial charge in [-0.1, -0.05) is 42.1 Å². The first kappa shape index (κ1) is 18.8. The smallest absolute Gasteiger partial charge is 0.316 e. The number of oxazole rings is 1. The Kier molecular flexibility index (Phi) is 5.31. The first-order valence-electron chi connectivity index (χ1n) is 8.83. The third-order valence-corrected chi connectivity index (χ3v) is 5.03. The minimum atomic E-state index is -0.431. The molecule has 0 unspecified atom stereocenters. The summed E-state index contributed by atoms with van der Waals surface area (Å²) in [6.45, 7) is 1.71. The average molecular weight is 404 g/mol. The molecule has 0 atom stereocenters. The number of rotatable bonds is 6. The molecule has 2 heterocycles. The summed E-state index contributed by atoms with van der Waals surface area (Å²) >= 11 is 1.17. The summed E-state index contributed by atoms with van der Waals surface area (Å²) in [7, 11) is 0. The molecule has 0 aliphatic rings. The second-order valence-corrected chi connectivity index (χ2v) is 7.09. The normalized spacial score (nSPS) is 10.8. The Balaban J connectivity index is 1.44. The highest BCUT2D eigenvalue weighted by Crippen LogP contribution is 2.24. The van der Waals surface area contributed by atoms with E-state index in [2.05, 4.69) is 16.2 Å². The van der Waals surface area contributed by atoms with Crippen LogP contribution in [0.2, 0.25) is 0 Å². The van der Waals surface area contributed by atoms with Gasteiger partial charge in [0.25, 0.3) is 5.22 Å². The standard InChI is InChI=1S/C21H16N4O3S/c1-14-16(11-22)18(25(24-14)15-7-3-2-4-8-15)12-27-20(26)13-29-21-23-17-9-5-6-10-19(17)28-21/h2-10H,12-13H2,1H3. The molecule has 0 amide bonds. The van der Waals surface area contributed by atoms with Crippen molar-refractivity contribution >= 4 is 28.8 Å². The molecule has 0 aliphatic heterocycles. The van der Waals surface area contributed by atoms with E-state index in [1.807, 2.05) is 54.6 Å². The summed E-state index contributed by atoms with van der Waals surface area (Å²) < 4.78 is 12.6. The van der Waals surface area contributed by atoms with Gasteiger partial charge in [0.1, 0.15) is 29.5 Å². The van der Waals surface area contributed by atoms with Crippen LogP contribution in [0.15, 0.2) is 64.2 Å². The van der Waals surface area contributed by atoms with E-state index in [4.69, 9.17) is 9.15 Å². The molecule has 0 spiro atoms. The van der Waals surface area contributed by atoms with Gasteiger partial charge < -0.3 is 9.15 Å². The van der Waals surface area contributed by atoms with Crippen molar-refractivity contribution in [2.45, 2.75) is 18.8 Å². The predicted molar refractivity (Wildman–Crippen MR) is 108 cm³/mol. The summed E-state index contributed by atoms with van der Waals surface area (Å²) in [5.41, 5.74) is 3.74. The second-order valence-electron chi connectivity index (χ2n) is 6.16. The molecule has 7 nitrogen and oxygen atoms in total. The maximum absolute atomic E-state index is 12.2. The topological polar surface area (TPSA) is 93.9 Å². The molecule has 0 fully saturated rings. The number of carbonyl (C=O) groups is 1.